The molecule has 0 aliphatic rings. The van der Waals surface area contributed by atoms with Crippen molar-refractivity contribution in [2.75, 3.05) is 19.4 Å². The molecule has 5 nitrogen and oxygen atoms in total. The van der Waals surface area contributed by atoms with Crippen LogP contribution in [0.15, 0.2) is 54.7 Å². The Balaban J connectivity index is 1.96. The predicted octanol–water partition coefficient (Wildman–Crippen LogP) is 3.43. The van der Waals surface area contributed by atoms with Crippen molar-refractivity contribution in [2.45, 2.75) is 13.3 Å². The van der Waals surface area contributed by atoms with Crippen LogP contribution in [0.1, 0.15) is 21.5 Å². The van der Waals surface area contributed by atoms with Gasteiger partial charge in [0.1, 0.15) is 0 Å². The van der Waals surface area contributed by atoms with Gasteiger partial charge in [-0.3, -0.25) is 14.6 Å². The molecule has 0 aliphatic heterocycles. The van der Waals surface area contributed by atoms with Gasteiger partial charge in [-0.15, -0.1) is 0 Å². The minimum absolute atomic E-state index is 0.0449. The monoisotopic (exact) mass is 347 g/mol. The van der Waals surface area contributed by atoms with Crippen molar-refractivity contribution in [1.82, 2.24) is 9.88 Å². The van der Waals surface area contributed by atoms with Gasteiger partial charge in [0.05, 0.1) is 17.6 Å². The van der Waals surface area contributed by atoms with Gasteiger partial charge >= 0.3 is 0 Å². The second-order valence-electron chi connectivity index (χ2n) is 6.41. The van der Waals surface area contributed by atoms with Crippen molar-refractivity contribution in [3.05, 3.63) is 71.4 Å². The molecule has 1 aromatic heterocycles. The topological polar surface area (TPSA) is 62.3 Å². The zero-order chi connectivity index (χ0) is 18.7. The lowest BCUT2D eigenvalue weighted by Gasteiger charge is -2.15. The molecule has 132 valence electrons. The Labute approximate surface area is 152 Å². The lowest BCUT2D eigenvalue weighted by atomic mass is 9.98. The van der Waals surface area contributed by atoms with Crippen LogP contribution in [-0.2, 0) is 11.2 Å². The fourth-order valence-electron chi connectivity index (χ4n) is 2.91. The van der Waals surface area contributed by atoms with Crippen molar-refractivity contribution < 1.29 is 9.59 Å². The first-order valence-corrected chi connectivity index (χ1v) is 8.41. The van der Waals surface area contributed by atoms with E-state index in [-0.39, 0.29) is 18.2 Å². The molecule has 0 spiro atoms. The Morgan fingerprint density at radius 3 is 2.54 bits per heavy atom. The summed E-state index contributed by atoms with van der Waals surface area (Å²) < 4.78 is 0. The number of fused-ring (bicyclic) bond motifs is 1. The Bertz CT molecular complexity index is 975. The number of nitrogens with zero attached hydrogens (tertiary/aromatic N) is 2. The highest BCUT2D eigenvalue weighted by molar-refractivity contribution is 6.10. The average molecular weight is 347 g/mol. The van der Waals surface area contributed by atoms with E-state index in [9.17, 15) is 9.59 Å². The van der Waals surface area contributed by atoms with Gasteiger partial charge in [0.15, 0.2) is 0 Å². The van der Waals surface area contributed by atoms with E-state index in [0.29, 0.717) is 11.3 Å². The van der Waals surface area contributed by atoms with Gasteiger partial charge in [-0.1, -0.05) is 36.4 Å². The molecule has 2 amide bonds. The molecule has 1 N–H and O–H groups in total. The number of pyridine rings is 1. The molecule has 0 saturated carbocycles. The average Bonchev–Trinajstić information content (AvgIpc) is 2.62. The number of hydrogen-bond acceptors (Lipinski definition) is 3. The van der Waals surface area contributed by atoms with E-state index in [2.05, 4.69) is 10.3 Å². The predicted molar refractivity (Wildman–Crippen MR) is 103 cm³/mol. The molecular weight excluding hydrogens is 326 g/mol. The first-order valence-electron chi connectivity index (χ1n) is 8.41. The highest BCUT2D eigenvalue weighted by Crippen LogP contribution is 2.23. The molecule has 26 heavy (non-hydrogen) atoms. The number of nitrogens with one attached hydrogen (secondary N) is 1. The quantitative estimate of drug-likeness (QED) is 0.786. The lowest BCUT2D eigenvalue weighted by molar-refractivity contribution is -0.127. The van der Waals surface area contributed by atoms with Crippen LogP contribution < -0.4 is 5.32 Å². The number of carbonyl (C=O) groups is 2. The van der Waals surface area contributed by atoms with Crippen molar-refractivity contribution >= 4 is 28.4 Å². The fourth-order valence-corrected chi connectivity index (χ4v) is 2.91. The van der Waals surface area contributed by atoms with Gasteiger partial charge in [0.2, 0.25) is 5.91 Å². The summed E-state index contributed by atoms with van der Waals surface area (Å²) in [4.78, 5) is 31.0. The summed E-state index contributed by atoms with van der Waals surface area (Å²) in [5, 5.41) is 3.92. The van der Waals surface area contributed by atoms with Crippen molar-refractivity contribution in [3.63, 3.8) is 0 Å². The maximum atomic E-state index is 13.0. The van der Waals surface area contributed by atoms with Gasteiger partial charge in [-0.2, -0.15) is 0 Å². The van der Waals surface area contributed by atoms with E-state index in [1.165, 1.54) is 4.90 Å². The number of anilines is 1. The van der Waals surface area contributed by atoms with Gasteiger partial charge in [0, 0.05) is 31.2 Å². The number of rotatable bonds is 4. The van der Waals surface area contributed by atoms with E-state index in [0.717, 1.165) is 22.0 Å². The Kier molecular flexibility index (Phi) is 4.98. The molecule has 0 saturated heterocycles. The van der Waals surface area contributed by atoms with Crippen LogP contribution in [-0.4, -0.2) is 35.8 Å². The van der Waals surface area contributed by atoms with Gasteiger partial charge in [-0.05, 0) is 30.2 Å². The summed E-state index contributed by atoms with van der Waals surface area (Å²) in [6.45, 7) is 1.87. The molecule has 0 aliphatic carbocycles. The molecule has 1 heterocycles. The molecule has 0 atom stereocenters. The number of aromatic nitrogens is 1. The summed E-state index contributed by atoms with van der Waals surface area (Å²) in [5.41, 5.74) is 3.48. The molecule has 5 heteroatoms. The number of amides is 2. The third kappa shape index (κ3) is 3.57. The number of carbonyl (C=O) groups excluding carboxylic acids is 2. The van der Waals surface area contributed by atoms with Crippen LogP contribution in [0.5, 0.6) is 0 Å². The molecule has 0 radical (unpaired) electrons. The van der Waals surface area contributed by atoms with Crippen LogP contribution >= 0.6 is 0 Å². The summed E-state index contributed by atoms with van der Waals surface area (Å²) >= 11 is 0. The van der Waals surface area contributed by atoms with Crippen LogP contribution in [0.3, 0.4) is 0 Å². The molecule has 0 fully saturated rings. The van der Waals surface area contributed by atoms with Gasteiger partial charge < -0.3 is 10.2 Å². The first kappa shape index (κ1) is 17.6. The molecule has 3 aromatic rings. The van der Waals surface area contributed by atoms with E-state index < -0.39 is 0 Å². The Morgan fingerprint density at radius 2 is 1.77 bits per heavy atom. The van der Waals surface area contributed by atoms with E-state index >= 15 is 0 Å². The summed E-state index contributed by atoms with van der Waals surface area (Å²) in [6.07, 6.45) is 1.89. The highest BCUT2D eigenvalue weighted by atomic mass is 16.2. The van der Waals surface area contributed by atoms with Crippen LogP contribution in [0, 0.1) is 6.92 Å². The smallest absolute Gasteiger partial charge is 0.256 e. The lowest BCUT2D eigenvalue weighted by Crippen LogP contribution is -2.25. The molecule has 0 bridgehead atoms. The zero-order valence-corrected chi connectivity index (χ0v) is 15.1. The van der Waals surface area contributed by atoms with E-state index in [1.807, 2.05) is 55.5 Å². The van der Waals surface area contributed by atoms with Crippen molar-refractivity contribution in [2.24, 2.45) is 0 Å². The fraction of sp³-hybridized carbons (Fsp3) is 0.190. The Morgan fingerprint density at radius 1 is 1.04 bits per heavy atom. The van der Waals surface area contributed by atoms with E-state index in [1.54, 1.807) is 20.3 Å². The van der Waals surface area contributed by atoms with Crippen LogP contribution in [0.25, 0.3) is 10.9 Å². The third-order valence-corrected chi connectivity index (χ3v) is 4.31. The third-order valence-electron chi connectivity index (χ3n) is 4.31. The van der Waals surface area contributed by atoms with Crippen molar-refractivity contribution in [1.29, 1.82) is 0 Å². The standard InChI is InChI=1S/C21H21N3O2/c1-14-7-4-9-16(13-18(25)24(2)3)19(14)21(26)23-17-11-5-8-15-10-6-12-22-20(15)17/h4-12H,13H2,1-3H3,(H,23,26). The molecular formula is C21H21N3O2. The number of aryl methyl sites for hydroxylation is 1. The second kappa shape index (κ2) is 7.35. The second-order valence-corrected chi connectivity index (χ2v) is 6.41. The maximum absolute atomic E-state index is 13.0. The normalized spacial score (nSPS) is 10.6. The van der Waals surface area contributed by atoms with Crippen molar-refractivity contribution in [3.8, 4) is 0 Å². The largest absolute Gasteiger partial charge is 0.349 e. The SMILES string of the molecule is Cc1cccc(CC(=O)N(C)C)c1C(=O)Nc1cccc2cccnc12. The number of likely N-dealkylation sites (N-methyl/N-ethyl adjacent to an activating group) is 1. The number of hydrogen-bond donors (Lipinski definition) is 1. The first-order chi connectivity index (χ1) is 12.5. The van der Waals surface area contributed by atoms with Crippen LogP contribution in [0.2, 0.25) is 0 Å². The summed E-state index contributed by atoms with van der Waals surface area (Å²) in [5.74, 6) is -0.278. The number of benzene rings is 2. The zero-order valence-electron chi connectivity index (χ0n) is 15.1. The molecule has 0 unspecified atom stereocenters. The van der Waals surface area contributed by atoms with Gasteiger partial charge in [0.25, 0.3) is 5.91 Å². The molecule has 2 aromatic carbocycles. The van der Waals surface area contributed by atoms with E-state index in [4.69, 9.17) is 0 Å². The van der Waals surface area contributed by atoms with Crippen LogP contribution in [0.4, 0.5) is 5.69 Å². The highest BCUT2D eigenvalue weighted by Gasteiger charge is 2.18. The minimum Gasteiger partial charge on any atom is -0.349 e. The summed E-state index contributed by atoms with van der Waals surface area (Å²) in [6, 6.07) is 15.0. The Hall–Kier alpha value is -3.21. The molecule has 3 rings (SSSR count). The summed E-state index contributed by atoms with van der Waals surface area (Å²) in [7, 11) is 3.42. The minimum atomic E-state index is -0.234. The number of para-hydroxylation sites is 1. The maximum Gasteiger partial charge on any atom is 0.256 e. The van der Waals surface area contributed by atoms with Gasteiger partial charge in [-0.25, -0.2) is 0 Å².